The number of hydrogen-bond acceptors (Lipinski definition) is 5. The van der Waals surface area contributed by atoms with Crippen LogP contribution in [0.1, 0.15) is 58.9 Å². The molecule has 0 aliphatic carbocycles. The van der Waals surface area contributed by atoms with Gasteiger partial charge in [-0.15, -0.1) is 0 Å². The lowest BCUT2D eigenvalue weighted by Crippen LogP contribution is -2.52. The fourth-order valence-corrected chi connectivity index (χ4v) is 5.72. The van der Waals surface area contributed by atoms with Crippen molar-refractivity contribution in [3.8, 4) is 6.07 Å². The van der Waals surface area contributed by atoms with Gasteiger partial charge in [0, 0.05) is 37.5 Å². The highest BCUT2D eigenvalue weighted by Gasteiger charge is 2.57. The lowest BCUT2D eigenvalue weighted by molar-refractivity contribution is -0.149. The van der Waals surface area contributed by atoms with Crippen LogP contribution in [0.25, 0.3) is 0 Å². The quantitative estimate of drug-likeness (QED) is 0.736. The molecule has 8 heteroatoms. The number of ketones is 1. The third kappa shape index (κ3) is 3.87. The van der Waals surface area contributed by atoms with Crippen molar-refractivity contribution >= 4 is 29.2 Å². The highest BCUT2D eigenvalue weighted by Crippen LogP contribution is 2.46. The number of carbonyl (C=O) groups is 4. The summed E-state index contributed by atoms with van der Waals surface area (Å²) in [6.45, 7) is 7.82. The van der Waals surface area contributed by atoms with Crippen molar-refractivity contribution in [1.82, 2.24) is 9.80 Å². The average Bonchev–Trinajstić information content (AvgIpc) is 3.47. The molecule has 0 saturated carbocycles. The van der Waals surface area contributed by atoms with Gasteiger partial charge in [-0.05, 0) is 36.8 Å². The standard InChI is InChI=1S/C26H32N4O4/c1-16(31)12-19(25(2,3)4)22(32)29-11-7-10-21(29)23(33)30-15-26(13-17(30)14-27)18-8-5-6-9-20(18)28-24(26)34/h5-6,8-9,17,19,21H,7,10-13,15H2,1-4H3,(H,28,34)/t17-,19?,21-,26-/m0/s1. The molecule has 3 aliphatic heterocycles. The van der Waals surface area contributed by atoms with Crippen LogP contribution in [-0.2, 0) is 24.6 Å². The van der Waals surface area contributed by atoms with Crippen LogP contribution in [-0.4, -0.2) is 58.5 Å². The van der Waals surface area contributed by atoms with Gasteiger partial charge in [-0.2, -0.15) is 5.26 Å². The van der Waals surface area contributed by atoms with Crippen LogP contribution in [0.4, 0.5) is 5.69 Å². The number of fused-ring (bicyclic) bond motifs is 2. The summed E-state index contributed by atoms with van der Waals surface area (Å²) in [7, 11) is 0. The first-order valence-electron chi connectivity index (χ1n) is 11.9. The molecule has 3 heterocycles. The molecule has 8 nitrogen and oxygen atoms in total. The van der Waals surface area contributed by atoms with Gasteiger partial charge in [0.05, 0.1) is 11.5 Å². The lowest BCUT2D eigenvalue weighted by Gasteiger charge is -2.36. The fourth-order valence-electron chi connectivity index (χ4n) is 5.72. The number of Topliss-reactive ketones (excluding diaryl/α,β-unsaturated/α-hetero) is 1. The first-order chi connectivity index (χ1) is 16.0. The Morgan fingerprint density at radius 1 is 1.24 bits per heavy atom. The van der Waals surface area contributed by atoms with Crippen molar-refractivity contribution in [2.45, 2.75) is 70.9 Å². The molecule has 3 aliphatic rings. The largest absolute Gasteiger partial charge is 0.330 e. The van der Waals surface area contributed by atoms with Gasteiger partial charge in [-0.3, -0.25) is 14.4 Å². The normalized spacial score (nSPS) is 26.9. The number of carbonyl (C=O) groups excluding carboxylic acids is 4. The summed E-state index contributed by atoms with van der Waals surface area (Å²) in [5.41, 5.74) is 0.137. The van der Waals surface area contributed by atoms with Gasteiger partial charge in [0.2, 0.25) is 17.7 Å². The molecule has 0 aromatic heterocycles. The van der Waals surface area contributed by atoms with E-state index in [0.717, 1.165) is 5.56 Å². The van der Waals surface area contributed by atoms with Crippen molar-refractivity contribution < 1.29 is 19.2 Å². The Morgan fingerprint density at radius 2 is 1.94 bits per heavy atom. The molecule has 4 atom stereocenters. The average molecular weight is 465 g/mol. The second-order valence-electron chi connectivity index (χ2n) is 10.9. The molecule has 1 N–H and O–H groups in total. The zero-order chi connectivity index (χ0) is 24.8. The molecule has 180 valence electrons. The smallest absolute Gasteiger partial charge is 0.246 e. The third-order valence-corrected chi connectivity index (χ3v) is 7.57. The molecule has 0 radical (unpaired) electrons. The third-order valence-electron chi connectivity index (χ3n) is 7.57. The van der Waals surface area contributed by atoms with E-state index in [1.165, 1.54) is 11.8 Å². The van der Waals surface area contributed by atoms with Gasteiger partial charge in [0.25, 0.3) is 0 Å². The lowest BCUT2D eigenvalue weighted by atomic mass is 9.77. The van der Waals surface area contributed by atoms with Crippen molar-refractivity contribution in [3.05, 3.63) is 29.8 Å². The van der Waals surface area contributed by atoms with E-state index in [1.54, 1.807) is 4.90 Å². The van der Waals surface area contributed by atoms with Crippen molar-refractivity contribution in [1.29, 1.82) is 5.26 Å². The SMILES string of the molecule is CC(=O)CC(C(=O)N1CCC[C@H]1C(=O)N1C[C@]2(C[C@H]1C#N)C(=O)Nc1ccccc12)C(C)(C)C. The Kier molecular flexibility index (Phi) is 6.01. The molecule has 4 rings (SSSR count). The molecular weight excluding hydrogens is 432 g/mol. The first-order valence-corrected chi connectivity index (χ1v) is 11.9. The number of nitrogens with zero attached hydrogens (tertiary/aromatic N) is 3. The molecule has 1 spiro atoms. The summed E-state index contributed by atoms with van der Waals surface area (Å²) in [4.78, 5) is 55.3. The molecular formula is C26H32N4O4. The van der Waals surface area contributed by atoms with Crippen LogP contribution >= 0.6 is 0 Å². The van der Waals surface area contributed by atoms with Crippen LogP contribution in [0.3, 0.4) is 0 Å². The van der Waals surface area contributed by atoms with E-state index in [0.29, 0.717) is 25.1 Å². The second kappa shape index (κ2) is 8.53. The maximum absolute atomic E-state index is 13.8. The Labute approximate surface area is 200 Å². The predicted molar refractivity (Wildman–Crippen MR) is 125 cm³/mol. The van der Waals surface area contributed by atoms with E-state index in [1.807, 2.05) is 45.0 Å². The van der Waals surface area contributed by atoms with E-state index in [-0.39, 0.29) is 42.9 Å². The molecule has 1 aromatic rings. The number of nitrogens with one attached hydrogen (secondary N) is 1. The number of benzene rings is 1. The summed E-state index contributed by atoms with van der Waals surface area (Å²) < 4.78 is 0. The number of nitriles is 1. The zero-order valence-electron chi connectivity index (χ0n) is 20.3. The van der Waals surface area contributed by atoms with E-state index in [4.69, 9.17) is 0 Å². The van der Waals surface area contributed by atoms with Gasteiger partial charge < -0.3 is 19.9 Å². The Bertz CT molecular complexity index is 1090. The predicted octanol–water partition coefficient (Wildman–Crippen LogP) is 2.63. The molecule has 2 saturated heterocycles. The molecule has 1 aromatic carbocycles. The summed E-state index contributed by atoms with van der Waals surface area (Å²) >= 11 is 0. The van der Waals surface area contributed by atoms with Gasteiger partial charge in [-0.1, -0.05) is 39.0 Å². The Morgan fingerprint density at radius 3 is 2.59 bits per heavy atom. The molecule has 1 unspecified atom stereocenters. The number of amides is 3. The van der Waals surface area contributed by atoms with Crippen LogP contribution in [0.2, 0.25) is 0 Å². The number of hydrogen-bond donors (Lipinski definition) is 1. The van der Waals surface area contributed by atoms with E-state index >= 15 is 0 Å². The molecule has 0 bridgehead atoms. The van der Waals surface area contributed by atoms with Crippen LogP contribution in [0.5, 0.6) is 0 Å². The van der Waals surface area contributed by atoms with E-state index in [9.17, 15) is 24.4 Å². The topological polar surface area (TPSA) is 111 Å². The maximum atomic E-state index is 13.8. The first kappa shape index (κ1) is 23.9. The number of para-hydroxylation sites is 1. The second-order valence-corrected chi connectivity index (χ2v) is 10.9. The van der Waals surface area contributed by atoms with Crippen molar-refractivity contribution in [2.24, 2.45) is 11.3 Å². The van der Waals surface area contributed by atoms with Crippen LogP contribution < -0.4 is 5.32 Å². The summed E-state index contributed by atoms with van der Waals surface area (Å²) in [6, 6.07) is 8.17. The Balaban J connectivity index is 1.61. The van der Waals surface area contributed by atoms with Crippen LogP contribution in [0.15, 0.2) is 24.3 Å². The van der Waals surface area contributed by atoms with Gasteiger partial charge >= 0.3 is 0 Å². The van der Waals surface area contributed by atoms with E-state index in [2.05, 4.69) is 11.4 Å². The van der Waals surface area contributed by atoms with Crippen molar-refractivity contribution in [2.75, 3.05) is 18.4 Å². The van der Waals surface area contributed by atoms with Gasteiger partial charge in [0.15, 0.2) is 0 Å². The van der Waals surface area contributed by atoms with E-state index < -0.39 is 28.8 Å². The van der Waals surface area contributed by atoms with Gasteiger partial charge in [-0.25, -0.2) is 0 Å². The summed E-state index contributed by atoms with van der Waals surface area (Å²) in [6.07, 6.45) is 1.54. The monoisotopic (exact) mass is 464 g/mol. The minimum absolute atomic E-state index is 0.0627. The maximum Gasteiger partial charge on any atom is 0.246 e. The number of likely N-dealkylation sites (tertiary alicyclic amines) is 2. The zero-order valence-corrected chi connectivity index (χ0v) is 20.3. The minimum Gasteiger partial charge on any atom is -0.330 e. The highest BCUT2D eigenvalue weighted by atomic mass is 16.2. The summed E-state index contributed by atoms with van der Waals surface area (Å²) in [5, 5.41) is 12.8. The molecule has 3 amide bonds. The minimum atomic E-state index is -0.956. The molecule has 34 heavy (non-hydrogen) atoms. The highest BCUT2D eigenvalue weighted by molar-refractivity contribution is 6.07. The summed E-state index contributed by atoms with van der Waals surface area (Å²) in [5.74, 6) is -1.26. The number of rotatable bonds is 4. The van der Waals surface area contributed by atoms with Crippen LogP contribution in [0, 0.1) is 22.7 Å². The molecule has 2 fully saturated rings. The Hall–Kier alpha value is -3.21. The fraction of sp³-hybridized carbons (Fsp3) is 0.577. The van der Waals surface area contributed by atoms with Crippen molar-refractivity contribution in [3.63, 3.8) is 0 Å². The van der Waals surface area contributed by atoms with Gasteiger partial charge in [0.1, 0.15) is 17.9 Å². The number of anilines is 1.